The monoisotopic (exact) mass is 465 g/mol. The Hall–Kier alpha value is -2.00. The molecule has 0 spiro atoms. The van der Waals surface area contributed by atoms with E-state index in [9.17, 15) is 13.2 Å². The highest BCUT2D eigenvalue weighted by Crippen LogP contribution is 2.28. The summed E-state index contributed by atoms with van der Waals surface area (Å²) in [4.78, 5) is 17.8. The maximum atomic E-state index is 12.8. The lowest BCUT2D eigenvalue weighted by atomic mass is 10.2. The van der Waals surface area contributed by atoms with Crippen molar-refractivity contribution in [2.75, 3.05) is 13.1 Å². The van der Waals surface area contributed by atoms with Crippen molar-refractivity contribution >= 4 is 49.1 Å². The van der Waals surface area contributed by atoms with Crippen LogP contribution in [0, 0.1) is 6.92 Å². The number of amides is 1. The lowest BCUT2D eigenvalue weighted by Crippen LogP contribution is -2.30. The van der Waals surface area contributed by atoms with Crippen LogP contribution in [0.15, 0.2) is 46.3 Å². The van der Waals surface area contributed by atoms with Gasteiger partial charge >= 0.3 is 0 Å². The second-order valence-corrected chi connectivity index (χ2v) is 10.0. The van der Waals surface area contributed by atoms with Gasteiger partial charge in [0.1, 0.15) is 0 Å². The van der Waals surface area contributed by atoms with Gasteiger partial charge in [-0.05, 0) is 49.7 Å². The van der Waals surface area contributed by atoms with Crippen molar-refractivity contribution in [2.24, 2.45) is 4.99 Å². The Balaban J connectivity index is 2.02. The van der Waals surface area contributed by atoms with Crippen molar-refractivity contribution in [1.82, 2.24) is 8.87 Å². The molecule has 0 aliphatic heterocycles. The summed E-state index contributed by atoms with van der Waals surface area (Å²) in [5.41, 5.74) is 2.37. The molecule has 0 atom stereocenters. The van der Waals surface area contributed by atoms with Gasteiger partial charge in [0.05, 0.1) is 20.1 Å². The number of thiazole rings is 1. The fraction of sp³-hybridized carbons (Fsp3) is 0.333. The van der Waals surface area contributed by atoms with Gasteiger partial charge in [-0.2, -0.15) is 9.30 Å². The number of carbonyl (C=O) groups is 1. The Morgan fingerprint density at radius 3 is 2.30 bits per heavy atom. The molecule has 0 saturated heterocycles. The highest BCUT2D eigenvalue weighted by molar-refractivity contribution is 7.89. The third-order valence-electron chi connectivity index (χ3n) is 4.94. The third kappa shape index (κ3) is 4.09. The van der Waals surface area contributed by atoms with E-state index in [0.717, 1.165) is 15.8 Å². The number of fused-ring (bicyclic) bond motifs is 1. The topological polar surface area (TPSA) is 71.7 Å². The van der Waals surface area contributed by atoms with Crippen LogP contribution in [0.25, 0.3) is 10.2 Å². The summed E-state index contributed by atoms with van der Waals surface area (Å²) in [5.74, 6) is -0.427. The molecular formula is C21H24ClN3O3S2. The third-order valence-corrected chi connectivity index (χ3v) is 8.54. The zero-order valence-corrected chi connectivity index (χ0v) is 19.7. The van der Waals surface area contributed by atoms with Crippen molar-refractivity contribution in [2.45, 2.75) is 39.1 Å². The molecule has 0 aliphatic carbocycles. The summed E-state index contributed by atoms with van der Waals surface area (Å²) in [7, 11) is -3.57. The summed E-state index contributed by atoms with van der Waals surface area (Å²) in [5, 5.41) is 0.627. The maximum absolute atomic E-state index is 12.8. The predicted molar refractivity (Wildman–Crippen MR) is 122 cm³/mol. The first-order chi connectivity index (χ1) is 14.2. The number of nitrogens with zero attached hydrogens (tertiary/aromatic N) is 3. The van der Waals surface area contributed by atoms with Crippen LogP contribution >= 0.6 is 22.9 Å². The number of sulfonamides is 1. The molecule has 0 fully saturated rings. The average Bonchev–Trinajstić information content (AvgIpc) is 3.11. The first kappa shape index (κ1) is 22.7. The fourth-order valence-corrected chi connectivity index (χ4v) is 6.23. The van der Waals surface area contributed by atoms with E-state index in [4.69, 9.17) is 11.6 Å². The van der Waals surface area contributed by atoms with Crippen molar-refractivity contribution in [1.29, 1.82) is 0 Å². The summed E-state index contributed by atoms with van der Waals surface area (Å²) in [6.45, 7) is 8.99. The Kier molecular flexibility index (Phi) is 6.81. The number of hydrogen-bond donors (Lipinski definition) is 0. The Bertz CT molecular complexity index is 1260. The van der Waals surface area contributed by atoms with E-state index in [2.05, 4.69) is 4.99 Å². The first-order valence-electron chi connectivity index (χ1n) is 9.72. The van der Waals surface area contributed by atoms with Crippen LogP contribution in [0.4, 0.5) is 0 Å². The lowest BCUT2D eigenvalue weighted by molar-refractivity contribution is 0.0997. The normalized spacial score (nSPS) is 12.8. The van der Waals surface area contributed by atoms with Crippen LogP contribution in [0.1, 0.15) is 36.7 Å². The van der Waals surface area contributed by atoms with E-state index in [0.29, 0.717) is 35.0 Å². The summed E-state index contributed by atoms with van der Waals surface area (Å²) in [6.07, 6.45) is 0. The molecule has 0 aliphatic rings. The molecule has 0 saturated carbocycles. The van der Waals surface area contributed by atoms with E-state index < -0.39 is 15.9 Å². The molecule has 0 radical (unpaired) electrons. The van der Waals surface area contributed by atoms with Gasteiger partial charge in [0, 0.05) is 25.2 Å². The number of halogens is 1. The number of carbonyl (C=O) groups excluding carboxylic acids is 1. The quantitative estimate of drug-likeness (QED) is 0.539. The molecule has 3 rings (SSSR count). The van der Waals surface area contributed by atoms with Gasteiger partial charge in [0.2, 0.25) is 10.0 Å². The minimum absolute atomic E-state index is 0.163. The minimum Gasteiger partial charge on any atom is -0.316 e. The van der Waals surface area contributed by atoms with Gasteiger partial charge < -0.3 is 4.57 Å². The maximum Gasteiger partial charge on any atom is 0.279 e. The summed E-state index contributed by atoms with van der Waals surface area (Å²) < 4.78 is 29.5. The van der Waals surface area contributed by atoms with Gasteiger partial charge in [-0.1, -0.05) is 42.9 Å². The summed E-state index contributed by atoms with van der Waals surface area (Å²) in [6, 6.07) is 9.71. The summed E-state index contributed by atoms with van der Waals surface area (Å²) >= 11 is 7.71. The molecule has 160 valence electrons. The zero-order valence-electron chi connectivity index (χ0n) is 17.3. The molecule has 30 heavy (non-hydrogen) atoms. The molecule has 0 bridgehead atoms. The van der Waals surface area contributed by atoms with Crippen molar-refractivity contribution < 1.29 is 13.2 Å². The highest BCUT2D eigenvalue weighted by Gasteiger charge is 2.21. The molecule has 0 unspecified atom stereocenters. The Morgan fingerprint density at radius 1 is 1.10 bits per heavy atom. The molecule has 9 heteroatoms. The van der Waals surface area contributed by atoms with E-state index in [1.807, 2.05) is 30.5 Å². The van der Waals surface area contributed by atoms with Crippen molar-refractivity contribution in [3.63, 3.8) is 0 Å². The van der Waals surface area contributed by atoms with E-state index in [-0.39, 0.29) is 4.90 Å². The Labute approximate surface area is 185 Å². The smallest absolute Gasteiger partial charge is 0.279 e. The number of aromatic nitrogens is 1. The van der Waals surface area contributed by atoms with Crippen LogP contribution in [-0.2, 0) is 16.6 Å². The van der Waals surface area contributed by atoms with Crippen LogP contribution in [0.5, 0.6) is 0 Å². The van der Waals surface area contributed by atoms with Crippen LogP contribution in [0.3, 0.4) is 0 Å². The number of aryl methyl sites for hydroxylation is 2. The minimum atomic E-state index is -3.57. The molecule has 0 N–H and O–H groups in total. The SMILES string of the molecule is CCN(CC)S(=O)(=O)c1ccc(C(=O)N=c2sc3c(Cl)ccc(C)c3n2CC)cc1. The molecule has 3 aromatic rings. The highest BCUT2D eigenvalue weighted by atomic mass is 35.5. The largest absolute Gasteiger partial charge is 0.316 e. The average molecular weight is 466 g/mol. The second kappa shape index (κ2) is 9.01. The standard InChI is InChI=1S/C21H24ClN3O3S2/c1-5-24(6-2)30(27,28)16-11-9-15(10-12-16)20(26)23-21-25(7-3)18-14(4)8-13-17(22)19(18)29-21/h8-13H,5-7H2,1-4H3. The van der Waals surface area contributed by atoms with Crippen LogP contribution in [-0.4, -0.2) is 36.3 Å². The van der Waals surface area contributed by atoms with E-state index in [1.165, 1.54) is 39.9 Å². The van der Waals surface area contributed by atoms with Crippen molar-refractivity contribution in [3.05, 3.63) is 57.3 Å². The van der Waals surface area contributed by atoms with Crippen LogP contribution < -0.4 is 4.80 Å². The molecular weight excluding hydrogens is 442 g/mol. The predicted octanol–water partition coefficient (Wildman–Crippen LogP) is 4.46. The first-order valence-corrected chi connectivity index (χ1v) is 12.4. The van der Waals surface area contributed by atoms with E-state index >= 15 is 0 Å². The molecule has 1 aromatic heterocycles. The number of benzene rings is 2. The number of hydrogen-bond acceptors (Lipinski definition) is 4. The second-order valence-electron chi connectivity index (χ2n) is 6.70. The van der Waals surface area contributed by atoms with Gasteiger partial charge in [0.15, 0.2) is 4.80 Å². The van der Waals surface area contributed by atoms with Gasteiger partial charge in [0.25, 0.3) is 5.91 Å². The number of rotatable bonds is 6. The van der Waals surface area contributed by atoms with Crippen LogP contribution in [0.2, 0.25) is 5.02 Å². The van der Waals surface area contributed by atoms with E-state index in [1.54, 1.807) is 13.8 Å². The molecule has 6 nitrogen and oxygen atoms in total. The molecule has 1 amide bonds. The van der Waals surface area contributed by atoms with Crippen molar-refractivity contribution in [3.8, 4) is 0 Å². The molecule has 2 aromatic carbocycles. The Morgan fingerprint density at radius 2 is 1.73 bits per heavy atom. The van der Waals surface area contributed by atoms with Gasteiger partial charge in [-0.15, -0.1) is 0 Å². The lowest BCUT2D eigenvalue weighted by Gasteiger charge is -2.18. The zero-order chi connectivity index (χ0) is 22.1. The fourth-order valence-electron chi connectivity index (χ4n) is 3.33. The van der Waals surface area contributed by atoms with Gasteiger partial charge in [-0.3, -0.25) is 4.79 Å². The molecule has 1 heterocycles. The van der Waals surface area contributed by atoms with Gasteiger partial charge in [-0.25, -0.2) is 8.42 Å².